The monoisotopic (exact) mass is 296 g/mol. The minimum absolute atomic E-state index is 0.667. The van der Waals surface area contributed by atoms with Crippen molar-refractivity contribution in [2.24, 2.45) is 0 Å². The van der Waals surface area contributed by atoms with E-state index in [1.54, 1.807) is 18.4 Å². The van der Waals surface area contributed by atoms with Crippen LogP contribution in [0.4, 0.5) is 0 Å². The minimum atomic E-state index is 0.667. The molecule has 102 valence electrons. The van der Waals surface area contributed by atoms with Crippen molar-refractivity contribution in [2.75, 3.05) is 7.11 Å². The highest BCUT2D eigenvalue weighted by atomic mass is 35.5. The van der Waals surface area contributed by atoms with E-state index in [0.717, 1.165) is 33.6 Å². The number of nitrogens with zero attached hydrogens (tertiary/aromatic N) is 1. The van der Waals surface area contributed by atoms with Gasteiger partial charge in [-0.25, -0.2) is 4.98 Å². The van der Waals surface area contributed by atoms with Gasteiger partial charge in [0.05, 0.1) is 12.8 Å². The molecule has 0 atom stereocenters. The van der Waals surface area contributed by atoms with Crippen molar-refractivity contribution in [3.63, 3.8) is 0 Å². The molecule has 0 unspecified atom stereocenters. The second-order valence-electron chi connectivity index (χ2n) is 4.27. The van der Waals surface area contributed by atoms with E-state index in [-0.39, 0.29) is 0 Å². The third-order valence-electron chi connectivity index (χ3n) is 2.95. The van der Waals surface area contributed by atoms with Crippen LogP contribution in [0.2, 0.25) is 5.02 Å². The van der Waals surface area contributed by atoms with Gasteiger partial charge in [0.1, 0.15) is 10.8 Å². The first-order valence-electron chi connectivity index (χ1n) is 6.07. The molecule has 1 heterocycles. The molecule has 2 rings (SSSR count). The number of nitrogens with one attached hydrogen (secondary N) is 1. The smallest absolute Gasteiger partial charge is 0.124 e. The van der Waals surface area contributed by atoms with Crippen LogP contribution in [0.15, 0.2) is 18.2 Å². The number of rotatable bonds is 5. The van der Waals surface area contributed by atoms with Gasteiger partial charge in [-0.2, -0.15) is 0 Å². The zero-order valence-electron chi connectivity index (χ0n) is 11.3. The molecule has 0 aliphatic carbocycles. The van der Waals surface area contributed by atoms with Crippen LogP contribution in [0.5, 0.6) is 5.75 Å². The van der Waals surface area contributed by atoms with Gasteiger partial charge < -0.3 is 10.1 Å². The number of hydrogen-bond donors (Lipinski definition) is 1. The fraction of sp³-hybridized carbons (Fsp3) is 0.357. The Morgan fingerprint density at radius 2 is 2.11 bits per heavy atom. The largest absolute Gasteiger partial charge is 0.496 e. The van der Waals surface area contributed by atoms with Crippen LogP contribution in [0, 0.1) is 13.8 Å². The van der Waals surface area contributed by atoms with E-state index in [4.69, 9.17) is 16.3 Å². The first-order chi connectivity index (χ1) is 9.11. The molecule has 0 radical (unpaired) electrons. The van der Waals surface area contributed by atoms with Gasteiger partial charge in [-0.1, -0.05) is 17.7 Å². The first kappa shape index (κ1) is 14.3. The molecule has 2 aromatic rings. The molecular weight excluding hydrogens is 280 g/mol. The molecule has 0 bridgehead atoms. The highest BCUT2D eigenvalue weighted by Gasteiger charge is 2.08. The number of methoxy groups -OCH3 is 1. The zero-order valence-corrected chi connectivity index (χ0v) is 12.9. The van der Waals surface area contributed by atoms with Crippen LogP contribution >= 0.6 is 22.9 Å². The van der Waals surface area contributed by atoms with E-state index in [1.807, 2.05) is 25.1 Å². The van der Waals surface area contributed by atoms with Gasteiger partial charge in [-0.15, -0.1) is 11.3 Å². The number of thiazole rings is 1. The Morgan fingerprint density at radius 1 is 1.32 bits per heavy atom. The summed E-state index contributed by atoms with van der Waals surface area (Å²) in [6.45, 7) is 5.54. The summed E-state index contributed by atoms with van der Waals surface area (Å²) in [6.07, 6.45) is 0. The van der Waals surface area contributed by atoms with Gasteiger partial charge in [-0.3, -0.25) is 0 Å². The summed E-state index contributed by atoms with van der Waals surface area (Å²) in [5.74, 6) is 0.812. The van der Waals surface area contributed by atoms with E-state index in [0.29, 0.717) is 6.54 Å². The molecule has 0 aliphatic rings. The quantitative estimate of drug-likeness (QED) is 0.913. The number of ether oxygens (including phenoxy) is 1. The van der Waals surface area contributed by atoms with Crippen LogP contribution in [0.25, 0.3) is 0 Å². The van der Waals surface area contributed by atoms with E-state index >= 15 is 0 Å². The Kier molecular flexibility index (Phi) is 4.80. The molecule has 0 spiro atoms. The van der Waals surface area contributed by atoms with Crippen LogP contribution in [0.1, 0.15) is 21.1 Å². The van der Waals surface area contributed by atoms with E-state index in [1.165, 1.54) is 4.88 Å². The number of aryl methyl sites for hydroxylation is 2. The lowest BCUT2D eigenvalue weighted by atomic mass is 10.2. The fourth-order valence-electron chi connectivity index (χ4n) is 1.81. The van der Waals surface area contributed by atoms with Crippen molar-refractivity contribution in [2.45, 2.75) is 26.9 Å². The van der Waals surface area contributed by atoms with E-state index in [2.05, 4.69) is 17.2 Å². The normalized spacial score (nSPS) is 10.7. The van der Waals surface area contributed by atoms with Gasteiger partial charge in [0, 0.05) is 28.6 Å². The Labute approximate surface area is 122 Å². The highest BCUT2D eigenvalue weighted by molar-refractivity contribution is 7.11. The van der Waals surface area contributed by atoms with Crippen LogP contribution < -0.4 is 10.1 Å². The highest BCUT2D eigenvalue weighted by Crippen LogP contribution is 2.26. The van der Waals surface area contributed by atoms with Crippen molar-refractivity contribution in [3.8, 4) is 5.75 Å². The van der Waals surface area contributed by atoms with E-state index in [9.17, 15) is 0 Å². The molecule has 19 heavy (non-hydrogen) atoms. The Hall–Kier alpha value is -1.10. The summed E-state index contributed by atoms with van der Waals surface area (Å²) < 4.78 is 5.31. The summed E-state index contributed by atoms with van der Waals surface area (Å²) in [5, 5.41) is 5.18. The predicted octanol–water partition coefficient (Wildman–Crippen LogP) is 3.71. The van der Waals surface area contributed by atoms with Crippen LogP contribution in [-0.2, 0) is 13.1 Å². The number of hydrogen-bond acceptors (Lipinski definition) is 4. The molecule has 1 aromatic carbocycles. The summed E-state index contributed by atoms with van der Waals surface area (Å²) in [6, 6.07) is 5.68. The Morgan fingerprint density at radius 3 is 2.74 bits per heavy atom. The van der Waals surface area contributed by atoms with Gasteiger partial charge in [0.25, 0.3) is 0 Å². The topological polar surface area (TPSA) is 34.1 Å². The van der Waals surface area contributed by atoms with Gasteiger partial charge in [-0.05, 0) is 26.0 Å². The number of halogens is 1. The minimum Gasteiger partial charge on any atom is -0.496 e. The molecule has 0 saturated heterocycles. The first-order valence-corrected chi connectivity index (χ1v) is 7.26. The van der Waals surface area contributed by atoms with Crippen LogP contribution in [-0.4, -0.2) is 12.1 Å². The molecule has 0 saturated carbocycles. The van der Waals surface area contributed by atoms with Crippen molar-refractivity contribution >= 4 is 22.9 Å². The molecule has 1 aromatic heterocycles. The second-order valence-corrected chi connectivity index (χ2v) is 5.97. The zero-order chi connectivity index (χ0) is 13.8. The fourth-order valence-corrected chi connectivity index (χ4v) is 2.95. The van der Waals surface area contributed by atoms with Crippen molar-refractivity contribution in [3.05, 3.63) is 44.4 Å². The third kappa shape index (κ3) is 3.47. The molecule has 0 amide bonds. The van der Waals surface area contributed by atoms with Gasteiger partial charge in [0.15, 0.2) is 0 Å². The molecule has 1 N–H and O–H groups in total. The molecule has 3 nitrogen and oxygen atoms in total. The number of benzene rings is 1. The summed E-state index contributed by atoms with van der Waals surface area (Å²) in [5.41, 5.74) is 2.09. The molecule has 0 fully saturated rings. The lowest BCUT2D eigenvalue weighted by Gasteiger charge is -2.10. The summed E-state index contributed by atoms with van der Waals surface area (Å²) >= 11 is 7.91. The van der Waals surface area contributed by atoms with Gasteiger partial charge >= 0.3 is 0 Å². The lowest BCUT2D eigenvalue weighted by Crippen LogP contribution is -2.13. The maximum absolute atomic E-state index is 6.19. The van der Waals surface area contributed by atoms with Crippen molar-refractivity contribution in [1.82, 2.24) is 10.3 Å². The predicted molar refractivity (Wildman–Crippen MR) is 80.1 cm³/mol. The number of aromatic nitrogens is 1. The van der Waals surface area contributed by atoms with E-state index < -0.39 is 0 Å². The summed E-state index contributed by atoms with van der Waals surface area (Å²) in [7, 11) is 1.66. The average molecular weight is 297 g/mol. The SMILES string of the molecule is COc1cccc(Cl)c1CNCc1nc(C)c(C)s1. The van der Waals surface area contributed by atoms with Crippen molar-refractivity contribution < 1.29 is 4.74 Å². The third-order valence-corrected chi connectivity index (χ3v) is 4.37. The molecule has 0 aliphatic heterocycles. The van der Waals surface area contributed by atoms with Crippen molar-refractivity contribution in [1.29, 1.82) is 0 Å². The standard InChI is InChI=1S/C14H17ClN2OS/c1-9-10(2)19-14(17-9)8-16-7-11-12(15)5-4-6-13(11)18-3/h4-6,16H,7-8H2,1-3H3. The maximum Gasteiger partial charge on any atom is 0.124 e. The lowest BCUT2D eigenvalue weighted by molar-refractivity contribution is 0.407. The van der Waals surface area contributed by atoms with Crippen LogP contribution in [0.3, 0.4) is 0 Å². The second kappa shape index (κ2) is 6.37. The Balaban J connectivity index is 1.99. The van der Waals surface area contributed by atoms with Gasteiger partial charge in [0.2, 0.25) is 0 Å². The Bertz CT molecular complexity index is 549. The average Bonchev–Trinajstić information content (AvgIpc) is 2.70. The maximum atomic E-state index is 6.19. The molecule has 5 heteroatoms. The molecular formula is C14H17ClN2OS. The summed E-state index contributed by atoms with van der Waals surface area (Å²) in [4.78, 5) is 5.77.